The Hall–Kier alpha value is -2.08. The lowest BCUT2D eigenvalue weighted by molar-refractivity contribution is 0.0468. The molecule has 2 rings (SSSR count). The Morgan fingerprint density at radius 3 is 2.90 bits per heavy atom. The Morgan fingerprint density at radius 1 is 1.38 bits per heavy atom. The van der Waals surface area contributed by atoms with Crippen LogP contribution in [0.5, 0.6) is 5.75 Å². The molecule has 0 unspecified atom stereocenters. The van der Waals surface area contributed by atoms with Crippen LogP contribution in [0.25, 0.3) is 0 Å². The van der Waals surface area contributed by atoms with E-state index < -0.39 is 5.97 Å². The zero-order valence-electron chi connectivity index (χ0n) is 11.5. The molecular weight excluding hydrogens is 336 g/mol. The number of aromatic nitrogens is 1. The van der Waals surface area contributed by atoms with Gasteiger partial charge in [-0.05, 0) is 41.1 Å². The van der Waals surface area contributed by atoms with Crippen molar-refractivity contribution in [1.29, 1.82) is 0 Å². The minimum absolute atomic E-state index is 0.131. The summed E-state index contributed by atoms with van der Waals surface area (Å²) in [4.78, 5) is 16.2. The third-order valence-corrected chi connectivity index (χ3v) is 3.12. The molecule has 0 aliphatic rings. The fourth-order valence-corrected chi connectivity index (χ4v) is 2.19. The van der Waals surface area contributed by atoms with Crippen molar-refractivity contribution < 1.29 is 14.3 Å². The van der Waals surface area contributed by atoms with Crippen LogP contribution in [0, 0.1) is 0 Å². The Kier molecular flexibility index (Phi) is 5.16. The number of benzene rings is 1. The first-order valence-electron chi connectivity index (χ1n) is 6.39. The van der Waals surface area contributed by atoms with Crippen molar-refractivity contribution in [2.45, 2.75) is 13.5 Å². The molecule has 21 heavy (non-hydrogen) atoms. The fourth-order valence-electron chi connectivity index (χ4n) is 1.78. The van der Waals surface area contributed by atoms with Gasteiger partial charge in [-0.1, -0.05) is 6.07 Å². The highest BCUT2D eigenvalue weighted by Crippen LogP contribution is 2.27. The molecule has 1 aromatic carbocycles. The van der Waals surface area contributed by atoms with Crippen LogP contribution in [0.15, 0.2) is 41.1 Å². The second-order valence-electron chi connectivity index (χ2n) is 4.24. The Labute approximate surface area is 131 Å². The van der Waals surface area contributed by atoms with Crippen LogP contribution in [-0.2, 0) is 11.3 Å². The molecule has 0 fully saturated rings. The summed E-state index contributed by atoms with van der Waals surface area (Å²) in [5, 5.41) is 0. The number of nitrogen functional groups attached to an aromatic ring is 1. The van der Waals surface area contributed by atoms with E-state index in [0.29, 0.717) is 23.6 Å². The molecule has 5 nitrogen and oxygen atoms in total. The maximum Gasteiger partial charge on any atom is 0.342 e. The molecule has 0 saturated heterocycles. The van der Waals surface area contributed by atoms with E-state index in [1.165, 1.54) is 0 Å². The van der Waals surface area contributed by atoms with Gasteiger partial charge in [0.2, 0.25) is 0 Å². The highest BCUT2D eigenvalue weighted by molar-refractivity contribution is 9.10. The molecule has 0 aliphatic heterocycles. The van der Waals surface area contributed by atoms with Gasteiger partial charge in [-0.3, -0.25) is 4.98 Å². The number of carbonyl (C=O) groups excluding carboxylic acids is 1. The summed E-state index contributed by atoms with van der Waals surface area (Å²) in [6, 6.07) is 6.83. The smallest absolute Gasteiger partial charge is 0.342 e. The van der Waals surface area contributed by atoms with E-state index >= 15 is 0 Å². The maximum atomic E-state index is 12.2. The molecule has 1 heterocycles. The molecule has 0 spiro atoms. The highest BCUT2D eigenvalue weighted by atomic mass is 79.9. The number of para-hydroxylation sites is 1. The van der Waals surface area contributed by atoms with Gasteiger partial charge in [0.1, 0.15) is 12.2 Å². The predicted molar refractivity (Wildman–Crippen MR) is 83.1 cm³/mol. The number of nitrogens with two attached hydrogens (primary N) is 1. The quantitative estimate of drug-likeness (QED) is 0.662. The number of carbonyl (C=O) groups is 1. The minimum atomic E-state index is -0.481. The number of esters is 1. The number of halogens is 1. The molecule has 0 bridgehead atoms. The zero-order valence-corrected chi connectivity index (χ0v) is 13.1. The number of hydrogen-bond acceptors (Lipinski definition) is 5. The average Bonchev–Trinajstić information content (AvgIpc) is 2.47. The lowest BCUT2D eigenvalue weighted by Gasteiger charge is -2.12. The lowest BCUT2D eigenvalue weighted by Crippen LogP contribution is -2.09. The lowest BCUT2D eigenvalue weighted by atomic mass is 10.1. The van der Waals surface area contributed by atoms with E-state index in [1.54, 1.807) is 30.6 Å². The summed E-state index contributed by atoms with van der Waals surface area (Å²) in [5.74, 6) is -0.122. The summed E-state index contributed by atoms with van der Waals surface area (Å²) < 4.78 is 11.5. The molecule has 0 atom stereocenters. The summed E-state index contributed by atoms with van der Waals surface area (Å²) in [7, 11) is 0. The summed E-state index contributed by atoms with van der Waals surface area (Å²) in [5.41, 5.74) is 7.35. The maximum absolute atomic E-state index is 12.2. The second kappa shape index (κ2) is 7.08. The normalized spacial score (nSPS) is 10.2. The van der Waals surface area contributed by atoms with Gasteiger partial charge in [-0.2, -0.15) is 0 Å². The van der Waals surface area contributed by atoms with Crippen molar-refractivity contribution in [1.82, 2.24) is 4.98 Å². The predicted octanol–water partition coefficient (Wildman–Crippen LogP) is 3.18. The minimum Gasteiger partial charge on any atom is -0.491 e. The van der Waals surface area contributed by atoms with E-state index in [2.05, 4.69) is 20.9 Å². The molecule has 6 heteroatoms. The van der Waals surface area contributed by atoms with Crippen LogP contribution in [0.3, 0.4) is 0 Å². The Morgan fingerprint density at radius 2 is 2.19 bits per heavy atom. The standard InChI is InChI=1S/C15H15BrN2O3/c1-2-20-14-12(4-3-5-13(14)17)15(19)21-9-10-6-11(16)8-18-7-10/h3-8H,2,9,17H2,1H3. The van der Waals surface area contributed by atoms with E-state index in [1.807, 2.05) is 13.0 Å². The van der Waals surface area contributed by atoms with Gasteiger partial charge in [0.25, 0.3) is 0 Å². The van der Waals surface area contributed by atoms with Crippen LogP contribution in [0.2, 0.25) is 0 Å². The molecule has 1 aromatic heterocycles. The van der Waals surface area contributed by atoms with Crippen LogP contribution < -0.4 is 10.5 Å². The second-order valence-corrected chi connectivity index (χ2v) is 5.16. The van der Waals surface area contributed by atoms with E-state index in [9.17, 15) is 4.79 Å². The van der Waals surface area contributed by atoms with Crippen molar-refractivity contribution >= 4 is 27.6 Å². The van der Waals surface area contributed by atoms with Gasteiger partial charge < -0.3 is 15.2 Å². The highest BCUT2D eigenvalue weighted by Gasteiger charge is 2.16. The molecular formula is C15H15BrN2O3. The first kappa shape index (κ1) is 15.3. The fraction of sp³-hybridized carbons (Fsp3) is 0.200. The summed E-state index contributed by atoms with van der Waals surface area (Å²) >= 11 is 3.32. The largest absolute Gasteiger partial charge is 0.491 e. The monoisotopic (exact) mass is 350 g/mol. The van der Waals surface area contributed by atoms with Gasteiger partial charge in [-0.15, -0.1) is 0 Å². The number of ether oxygens (including phenoxy) is 2. The SMILES string of the molecule is CCOc1c(N)cccc1C(=O)OCc1cncc(Br)c1. The van der Waals surface area contributed by atoms with Gasteiger partial charge in [0.15, 0.2) is 5.75 Å². The van der Waals surface area contributed by atoms with E-state index in [4.69, 9.17) is 15.2 Å². The van der Waals surface area contributed by atoms with Gasteiger partial charge in [-0.25, -0.2) is 4.79 Å². The van der Waals surface area contributed by atoms with Crippen LogP contribution in [0.1, 0.15) is 22.8 Å². The molecule has 2 aromatic rings. The van der Waals surface area contributed by atoms with Crippen molar-refractivity contribution in [3.8, 4) is 5.75 Å². The summed E-state index contributed by atoms with van der Waals surface area (Å²) in [6.45, 7) is 2.38. The van der Waals surface area contributed by atoms with Crippen molar-refractivity contribution in [3.63, 3.8) is 0 Å². The van der Waals surface area contributed by atoms with Crippen molar-refractivity contribution in [2.24, 2.45) is 0 Å². The number of pyridine rings is 1. The molecule has 0 saturated carbocycles. The molecule has 110 valence electrons. The van der Waals surface area contributed by atoms with E-state index in [0.717, 1.165) is 10.0 Å². The zero-order chi connectivity index (χ0) is 15.2. The topological polar surface area (TPSA) is 74.4 Å². The van der Waals surface area contributed by atoms with E-state index in [-0.39, 0.29) is 6.61 Å². The van der Waals surface area contributed by atoms with Gasteiger partial charge in [0.05, 0.1) is 12.3 Å². The van der Waals surface area contributed by atoms with Gasteiger partial charge in [0, 0.05) is 22.4 Å². The third kappa shape index (κ3) is 3.95. The van der Waals surface area contributed by atoms with Crippen molar-refractivity contribution in [2.75, 3.05) is 12.3 Å². The van der Waals surface area contributed by atoms with Crippen LogP contribution >= 0.6 is 15.9 Å². The van der Waals surface area contributed by atoms with Crippen LogP contribution in [0.4, 0.5) is 5.69 Å². The average molecular weight is 351 g/mol. The first-order valence-corrected chi connectivity index (χ1v) is 7.19. The Bertz CT molecular complexity index is 647. The number of nitrogens with zero attached hydrogens (tertiary/aromatic N) is 1. The molecule has 2 N–H and O–H groups in total. The Balaban J connectivity index is 2.12. The van der Waals surface area contributed by atoms with Gasteiger partial charge >= 0.3 is 5.97 Å². The van der Waals surface area contributed by atoms with Crippen LogP contribution in [-0.4, -0.2) is 17.6 Å². The number of hydrogen-bond donors (Lipinski definition) is 1. The molecule has 0 radical (unpaired) electrons. The number of anilines is 1. The number of rotatable bonds is 5. The summed E-state index contributed by atoms with van der Waals surface area (Å²) in [6.07, 6.45) is 3.30. The molecule has 0 amide bonds. The molecule has 0 aliphatic carbocycles. The first-order chi connectivity index (χ1) is 10.1. The third-order valence-electron chi connectivity index (χ3n) is 2.69. The van der Waals surface area contributed by atoms with Crippen molar-refractivity contribution in [3.05, 3.63) is 52.3 Å².